The van der Waals surface area contributed by atoms with E-state index in [1.165, 1.54) is 30.3 Å². The standard InChI is InChI=1S/C30H18ClF6N3O5S2/c31-14-8-9-19(45-12-20(41)38-15-5-3-4-13(10-15)29(32,33)34)16(11-14)21-22-24(46-25-23(21)47-28(44)39-25)27(43)40(26(22)42)18-7-2-1-6-17(18)30(35,36)37/h1-11,21-22,24H,12H2,(H,38,41)(H,39,44). The highest BCUT2D eigenvalue weighted by molar-refractivity contribution is 8.00. The van der Waals surface area contributed by atoms with E-state index in [-0.39, 0.29) is 27.0 Å². The number of imide groups is 1. The second-order valence-electron chi connectivity index (χ2n) is 10.4. The first-order chi connectivity index (χ1) is 22.1. The number of ether oxygens (including phenoxy) is 1. The van der Waals surface area contributed by atoms with Gasteiger partial charge in [-0.2, -0.15) is 26.3 Å². The van der Waals surface area contributed by atoms with Crippen molar-refractivity contribution in [2.45, 2.75) is 28.5 Å². The quantitative estimate of drug-likeness (QED) is 0.166. The Kier molecular flexibility index (Phi) is 8.38. The Labute approximate surface area is 273 Å². The molecule has 17 heteroatoms. The molecule has 1 aromatic heterocycles. The number of benzene rings is 3. The number of aromatic amines is 1. The maximum absolute atomic E-state index is 14.0. The Bertz CT molecular complexity index is 1980. The third-order valence-corrected chi connectivity index (χ3v) is 10.0. The van der Waals surface area contributed by atoms with Crippen molar-refractivity contribution in [2.75, 3.05) is 16.8 Å². The van der Waals surface area contributed by atoms with Crippen molar-refractivity contribution in [1.82, 2.24) is 4.98 Å². The molecule has 3 aromatic carbocycles. The van der Waals surface area contributed by atoms with Crippen LogP contribution in [0.5, 0.6) is 5.75 Å². The van der Waals surface area contributed by atoms with E-state index < -0.39 is 75.5 Å². The normalized spacial score (nSPS) is 19.4. The predicted molar refractivity (Wildman–Crippen MR) is 161 cm³/mol. The molecule has 3 heterocycles. The number of rotatable bonds is 6. The van der Waals surface area contributed by atoms with E-state index in [1.807, 2.05) is 0 Å². The first kappa shape index (κ1) is 32.7. The summed E-state index contributed by atoms with van der Waals surface area (Å²) in [5, 5.41) is 1.43. The summed E-state index contributed by atoms with van der Waals surface area (Å²) >= 11 is 7.88. The van der Waals surface area contributed by atoms with Crippen LogP contribution in [0, 0.1) is 5.92 Å². The summed E-state index contributed by atoms with van der Waals surface area (Å²) in [6.07, 6.45) is -9.53. The van der Waals surface area contributed by atoms with Gasteiger partial charge < -0.3 is 15.0 Å². The minimum absolute atomic E-state index is 0.0227. The predicted octanol–water partition coefficient (Wildman–Crippen LogP) is 6.94. The van der Waals surface area contributed by atoms with Gasteiger partial charge in [0.25, 0.3) is 5.91 Å². The van der Waals surface area contributed by atoms with Crippen LogP contribution < -0.4 is 19.8 Å². The summed E-state index contributed by atoms with van der Waals surface area (Å²) in [5.74, 6) is -5.17. The minimum Gasteiger partial charge on any atom is -0.483 e. The van der Waals surface area contributed by atoms with E-state index in [1.54, 1.807) is 0 Å². The van der Waals surface area contributed by atoms with Gasteiger partial charge in [0.1, 0.15) is 11.0 Å². The lowest BCUT2D eigenvalue weighted by atomic mass is 9.82. The minimum atomic E-state index is -4.89. The second kappa shape index (κ2) is 12.1. The molecular weight excluding hydrogens is 696 g/mol. The molecule has 3 atom stereocenters. The van der Waals surface area contributed by atoms with Crippen LogP contribution in [0.3, 0.4) is 0 Å². The van der Waals surface area contributed by atoms with Crippen LogP contribution in [0.15, 0.2) is 76.6 Å². The molecule has 244 valence electrons. The fourth-order valence-electron chi connectivity index (χ4n) is 5.51. The van der Waals surface area contributed by atoms with E-state index in [0.717, 1.165) is 59.5 Å². The van der Waals surface area contributed by atoms with Crippen LogP contribution in [0.4, 0.5) is 37.7 Å². The number of carbonyl (C=O) groups excluding carboxylic acids is 3. The number of nitrogens with zero attached hydrogens (tertiary/aromatic N) is 1. The fourth-order valence-corrected chi connectivity index (χ4v) is 8.19. The molecule has 3 unspecified atom stereocenters. The molecular formula is C30H18ClF6N3O5S2. The van der Waals surface area contributed by atoms with Gasteiger partial charge in [0.2, 0.25) is 11.8 Å². The zero-order valence-electron chi connectivity index (χ0n) is 23.2. The van der Waals surface area contributed by atoms with E-state index in [9.17, 15) is 45.5 Å². The number of anilines is 2. The third kappa shape index (κ3) is 6.24. The van der Waals surface area contributed by atoms with Crippen molar-refractivity contribution < 1.29 is 45.5 Å². The molecule has 1 saturated heterocycles. The molecule has 3 amide bonds. The SMILES string of the molecule is O=C(COc1ccc(Cl)cc1C1c2sc(=O)[nH]c2SC2C(=O)N(c3ccccc3C(F)(F)F)C(=O)C21)Nc1cccc(C(F)(F)F)c1. The summed E-state index contributed by atoms with van der Waals surface area (Å²) < 4.78 is 86.8. The average Bonchev–Trinajstić information content (AvgIpc) is 3.49. The van der Waals surface area contributed by atoms with Gasteiger partial charge >= 0.3 is 17.2 Å². The van der Waals surface area contributed by atoms with Crippen LogP contribution in [0.2, 0.25) is 5.02 Å². The van der Waals surface area contributed by atoms with Crippen LogP contribution in [0.25, 0.3) is 0 Å². The molecule has 0 spiro atoms. The number of hydrogen-bond donors (Lipinski definition) is 2. The molecule has 4 aromatic rings. The highest BCUT2D eigenvalue weighted by atomic mass is 35.5. The van der Waals surface area contributed by atoms with Crippen molar-refractivity contribution in [3.63, 3.8) is 0 Å². The maximum atomic E-state index is 14.0. The summed E-state index contributed by atoms with van der Waals surface area (Å²) in [7, 11) is 0. The number of H-pyrrole nitrogens is 1. The smallest absolute Gasteiger partial charge is 0.418 e. The molecule has 1 fully saturated rings. The number of aromatic nitrogens is 1. The number of thiazole rings is 1. The van der Waals surface area contributed by atoms with Gasteiger partial charge in [-0.3, -0.25) is 19.2 Å². The lowest BCUT2D eigenvalue weighted by Crippen LogP contribution is -2.33. The van der Waals surface area contributed by atoms with Crippen molar-refractivity contribution in [3.05, 3.63) is 103 Å². The van der Waals surface area contributed by atoms with E-state index in [0.29, 0.717) is 9.78 Å². The number of thioether (sulfide) groups is 1. The fraction of sp³-hybridized carbons (Fsp3) is 0.200. The number of alkyl halides is 6. The van der Waals surface area contributed by atoms with Crippen LogP contribution in [-0.4, -0.2) is 34.6 Å². The van der Waals surface area contributed by atoms with Crippen LogP contribution >= 0.6 is 34.7 Å². The molecule has 47 heavy (non-hydrogen) atoms. The monoisotopic (exact) mass is 713 g/mol. The van der Waals surface area contributed by atoms with Gasteiger partial charge in [-0.15, -0.1) is 0 Å². The van der Waals surface area contributed by atoms with Gasteiger partial charge in [0.15, 0.2) is 6.61 Å². The Morgan fingerprint density at radius 2 is 1.68 bits per heavy atom. The molecule has 2 aliphatic rings. The highest BCUT2D eigenvalue weighted by Gasteiger charge is 2.57. The van der Waals surface area contributed by atoms with Crippen molar-refractivity contribution in [2.24, 2.45) is 5.92 Å². The molecule has 2 N–H and O–H groups in total. The van der Waals surface area contributed by atoms with Crippen LogP contribution in [-0.2, 0) is 26.7 Å². The molecule has 8 nitrogen and oxygen atoms in total. The number of amides is 3. The summed E-state index contributed by atoms with van der Waals surface area (Å²) in [6.45, 7) is -0.714. The van der Waals surface area contributed by atoms with Gasteiger partial charge in [0, 0.05) is 27.1 Å². The number of fused-ring (bicyclic) bond motifs is 2. The maximum Gasteiger partial charge on any atom is 0.418 e. The average molecular weight is 714 g/mol. The number of carbonyl (C=O) groups is 3. The van der Waals surface area contributed by atoms with Gasteiger partial charge in [-0.05, 0) is 48.5 Å². The molecule has 0 aliphatic carbocycles. The van der Waals surface area contributed by atoms with Crippen molar-refractivity contribution in [1.29, 1.82) is 0 Å². The Morgan fingerprint density at radius 1 is 0.936 bits per heavy atom. The Morgan fingerprint density at radius 3 is 2.40 bits per heavy atom. The molecule has 2 aliphatic heterocycles. The van der Waals surface area contributed by atoms with E-state index in [2.05, 4.69) is 10.3 Å². The molecule has 6 rings (SSSR count). The van der Waals surface area contributed by atoms with Gasteiger partial charge in [-0.1, -0.05) is 52.9 Å². The van der Waals surface area contributed by atoms with Gasteiger partial charge in [-0.25, -0.2) is 4.90 Å². The Hall–Kier alpha value is -4.28. The first-order valence-corrected chi connectivity index (χ1v) is 15.5. The second-order valence-corrected chi connectivity index (χ2v) is 13.0. The first-order valence-electron chi connectivity index (χ1n) is 13.5. The molecule has 0 saturated carbocycles. The lowest BCUT2D eigenvalue weighted by molar-refractivity contribution is -0.138. The summed E-state index contributed by atoms with van der Waals surface area (Å²) in [5.41, 5.74) is -2.81. The van der Waals surface area contributed by atoms with E-state index >= 15 is 0 Å². The Balaban J connectivity index is 1.35. The summed E-state index contributed by atoms with van der Waals surface area (Å²) in [6, 6.07) is 12.3. The van der Waals surface area contributed by atoms with E-state index in [4.69, 9.17) is 16.3 Å². The lowest BCUT2D eigenvalue weighted by Gasteiger charge is -2.31. The number of nitrogens with one attached hydrogen (secondary N) is 2. The number of para-hydroxylation sites is 1. The zero-order valence-corrected chi connectivity index (χ0v) is 25.6. The highest BCUT2D eigenvalue weighted by Crippen LogP contribution is 2.55. The zero-order chi connectivity index (χ0) is 33.8. The topological polar surface area (TPSA) is 109 Å². The molecule has 0 radical (unpaired) electrons. The number of hydrogen-bond acceptors (Lipinski definition) is 7. The van der Waals surface area contributed by atoms with Gasteiger partial charge in [0.05, 0.1) is 27.8 Å². The van der Waals surface area contributed by atoms with Crippen molar-refractivity contribution >= 4 is 63.8 Å². The molecule has 0 bridgehead atoms. The largest absolute Gasteiger partial charge is 0.483 e. The number of halogens is 7. The van der Waals surface area contributed by atoms with Crippen molar-refractivity contribution in [3.8, 4) is 5.75 Å². The third-order valence-electron chi connectivity index (χ3n) is 7.41. The van der Waals surface area contributed by atoms with Crippen LogP contribution in [0.1, 0.15) is 27.5 Å². The summed E-state index contributed by atoms with van der Waals surface area (Å²) in [4.78, 5) is 55.8.